The quantitative estimate of drug-likeness (QED) is 0.801. The van der Waals surface area contributed by atoms with Gasteiger partial charge < -0.3 is 10.3 Å². The van der Waals surface area contributed by atoms with Gasteiger partial charge in [-0.2, -0.15) is 0 Å². The van der Waals surface area contributed by atoms with Gasteiger partial charge in [-0.05, 0) is 42.0 Å². The van der Waals surface area contributed by atoms with Crippen molar-refractivity contribution in [3.05, 3.63) is 59.4 Å². The van der Waals surface area contributed by atoms with E-state index >= 15 is 0 Å². The minimum atomic E-state index is 0.378. The van der Waals surface area contributed by atoms with Crippen molar-refractivity contribution in [3.63, 3.8) is 0 Å². The Morgan fingerprint density at radius 2 is 1.74 bits per heavy atom. The van der Waals surface area contributed by atoms with Gasteiger partial charge in [-0.3, -0.25) is 0 Å². The van der Waals surface area contributed by atoms with Crippen LogP contribution in [0.25, 0.3) is 0 Å². The average Bonchev–Trinajstić information content (AvgIpc) is 2.89. The molecule has 0 aliphatic rings. The summed E-state index contributed by atoms with van der Waals surface area (Å²) in [5, 5.41) is 3.54. The largest absolute Gasteiger partial charge is 0.367 e. The van der Waals surface area contributed by atoms with Crippen LogP contribution < -0.4 is 5.32 Å². The number of nitrogens with one attached hydrogen (secondary N) is 2. The summed E-state index contributed by atoms with van der Waals surface area (Å²) in [6, 6.07) is 11.5. The summed E-state index contributed by atoms with van der Waals surface area (Å²) in [4.78, 5) is 3.08. The van der Waals surface area contributed by atoms with Crippen molar-refractivity contribution in [1.29, 1.82) is 0 Å². The molecule has 19 heavy (non-hydrogen) atoms. The van der Waals surface area contributed by atoms with Crippen molar-refractivity contribution in [2.45, 2.75) is 39.8 Å². The van der Waals surface area contributed by atoms with Gasteiger partial charge >= 0.3 is 0 Å². The van der Waals surface area contributed by atoms with Crippen LogP contribution in [0, 0.1) is 5.92 Å². The van der Waals surface area contributed by atoms with Crippen molar-refractivity contribution in [3.8, 4) is 0 Å². The molecular weight excluding hydrogens is 232 g/mol. The van der Waals surface area contributed by atoms with Crippen molar-refractivity contribution in [1.82, 2.24) is 10.3 Å². The van der Waals surface area contributed by atoms with E-state index in [-0.39, 0.29) is 0 Å². The molecule has 1 aromatic heterocycles. The summed E-state index contributed by atoms with van der Waals surface area (Å²) >= 11 is 0. The molecule has 1 aromatic carbocycles. The first-order valence-corrected chi connectivity index (χ1v) is 7.09. The van der Waals surface area contributed by atoms with E-state index in [1.165, 1.54) is 16.7 Å². The molecule has 0 bridgehead atoms. The van der Waals surface area contributed by atoms with E-state index in [2.05, 4.69) is 61.4 Å². The van der Waals surface area contributed by atoms with Crippen LogP contribution >= 0.6 is 0 Å². The van der Waals surface area contributed by atoms with E-state index in [1.54, 1.807) is 0 Å². The molecule has 2 rings (SSSR count). The lowest BCUT2D eigenvalue weighted by Crippen LogP contribution is -2.17. The van der Waals surface area contributed by atoms with Crippen LogP contribution in [0.3, 0.4) is 0 Å². The van der Waals surface area contributed by atoms with Crippen molar-refractivity contribution in [2.75, 3.05) is 0 Å². The average molecular weight is 256 g/mol. The fourth-order valence-electron chi connectivity index (χ4n) is 2.27. The van der Waals surface area contributed by atoms with Gasteiger partial charge in [0, 0.05) is 25.0 Å². The molecule has 0 amide bonds. The van der Waals surface area contributed by atoms with Crippen molar-refractivity contribution < 1.29 is 0 Å². The summed E-state index contributed by atoms with van der Waals surface area (Å²) in [7, 11) is 0. The molecule has 2 N–H and O–H groups in total. The number of rotatable bonds is 6. The van der Waals surface area contributed by atoms with Crippen molar-refractivity contribution in [2.24, 2.45) is 5.92 Å². The standard InChI is InChI=1S/C17H24N2/c1-13(2)10-15-4-6-17(7-5-15)14(3)19-12-16-8-9-18-11-16/h4-9,11,13-14,18-19H,10,12H2,1-3H3. The zero-order chi connectivity index (χ0) is 13.7. The maximum absolute atomic E-state index is 3.54. The first-order chi connectivity index (χ1) is 9.15. The molecule has 1 atom stereocenters. The lowest BCUT2D eigenvalue weighted by molar-refractivity contribution is 0.574. The summed E-state index contributed by atoms with van der Waals surface area (Å²) in [6.07, 6.45) is 5.15. The van der Waals surface area contributed by atoms with Crippen LogP contribution in [0.2, 0.25) is 0 Å². The Bertz CT molecular complexity index is 468. The highest BCUT2D eigenvalue weighted by Gasteiger charge is 2.05. The van der Waals surface area contributed by atoms with Crippen molar-refractivity contribution >= 4 is 0 Å². The summed E-state index contributed by atoms with van der Waals surface area (Å²) in [5.41, 5.74) is 4.07. The highest BCUT2D eigenvalue weighted by Crippen LogP contribution is 2.16. The van der Waals surface area contributed by atoms with E-state index < -0.39 is 0 Å². The maximum Gasteiger partial charge on any atom is 0.0294 e. The Balaban J connectivity index is 1.90. The molecule has 2 heteroatoms. The van der Waals surface area contributed by atoms with Gasteiger partial charge in [0.1, 0.15) is 0 Å². The second kappa shape index (κ2) is 6.58. The lowest BCUT2D eigenvalue weighted by atomic mass is 10.00. The molecule has 0 fully saturated rings. The first kappa shape index (κ1) is 13.9. The Morgan fingerprint density at radius 3 is 2.32 bits per heavy atom. The second-order valence-corrected chi connectivity index (χ2v) is 5.66. The van der Waals surface area contributed by atoms with E-state index in [0.717, 1.165) is 18.9 Å². The molecule has 2 aromatic rings. The van der Waals surface area contributed by atoms with Gasteiger partial charge in [-0.15, -0.1) is 0 Å². The summed E-state index contributed by atoms with van der Waals surface area (Å²) in [6.45, 7) is 7.63. The number of benzene rings is 1. The molecule has 0 saturated heterocycles. The minimum absolute atomic E-state index is 0.378. The highest BCUT2D eigenvalue weighted by atomic mass is 14.9. The smallest absolute Gasteiger partial charge is 0.0294 e. The fraction of sp³-hybridized carbons (Fsp3) is 0.412. The monoisotopic (exact) mass is 256 g/mol. The molecule has 0 radical (unpaired) electrons. The fourth-order valence-corrected chi connectivity index (χ4v) is 2.27. The van der Waals surface area contributed by atoms with Gasteiger partial charge in [-0.1, -0.05) is 38.1 Å². The Kier molecular flexibility index (Phi) is 4.80. The normalized spacial score (nSPS) is 12.8. The van der Waals surface area contributed by atoms with E-state index in [9.17, 15) is 0 Å². The first-order valence-electron chi connectivity index (χ1n) is 7.09. The third-order valence-corrected chi connectivity index (χ3v) is 3.40. The number of H-pyrrole nitrogens is 1. The zero-order valence-electron chi connectivity index (χ0n) is 12.1. The topological polar surface area (TPSA) is 27.8 Å². The number of hydrogen-bond donors (Lipinski definition) is 2. The Morgan fingerprint density at radius 1 is 1.00 bits per heavy atom. The lowest BCUT2D eigenvalue weighted by Gasteiger charge is -2.14. The van der Waals surface area contributed by atoms with Crippen LogP contribution in [0.1, 0.15) is 43.5 Å². The zero-order valence-corrected chi connectivity index (χ0v) is 12.1. The van der Waals surface area contributed by atoms with Crippen LogP contribution in [0.4, 0.5) is 0 Å². The van der Waals surface area contributed by atoms with E-state index in [4.69, 9.17) is 0 Å². The predicted octanol–water partition coefficient (Wildman–Crippen LogP) is 4.06. The van der Waals surface area contributed by atoms with Crippen LogP contribution in [-0.2, 0) is 13.0 Å². The van der Waals surface area contributed by atoms with E-state index in [1.807, 2.05) is 12.4 Å². The number of hydrogen-bond acceptors (Lipinski definition) is 1. The molecule has 1 heterocycles. The SMILES string of the molecule is CC(C)Cc1ccc(C(C)NCc2cc[nH]c2)cc1. The van der Waals surface area contributed by atoms with Crippen LogP contribution in [-0.4, -0.2) is 4.98 Å². The number of aromatic nitrogens is 1. The maximum atomic E-state index is 3.54. The molecular formula is C17H24N2. The van der Waals surface area contributed by atoms with Gasteiger partial charge in [0.25, 0.3) is 0 Å². The molecule has 0 spiro atoms. The molecule has 0 aliphatic heterocycles. The van der Waals surface area contributed by atoms with Gasteiger partial charge in [0.05, 0.1) is 0 Å². The van der Waals surface area contributed by atoms with Crippen LogP contribution in [0.5, 0.6) is 0 Å². The molecule has 0 saturated carbocycles. The molecule has 102 valence electrons. The third-order valence-electron chi connectivity index (χ3n) is 3.40. The summed E-state index contributed by atoms with van der Waals surface area (Å²) in [5.74, 6) is 0.718. The highest BCUT2D eigenvalue weighted by molar-refractivity contribution is 5.25. The number of aromatic amines is 1. The minimum Gasteiger partial charge on any atom is -0.367 e. The third kappa shape index (κ3) is 4.25. The van der Waals surface area contributed by atoms with Gasteiger partial charge in [-0.25, -0.2) is 0 Å². The summed E-state index contributed by atoms with van der Waals surface area (Å²) < 4.78 is 0. The predicted molar refractivity (Wildman–Crippen MR) is 81.0 cm³/mol. The van der Waals surface area contributed by atoms with Gasteiger partial charge in [0.15, 0.2) is 0 Å². The second-order valence-electron chi connectivity index (χ2n) is 5.66. The van der Waals surface area contributed by atoms with Gasteiger partial charge in [0.2, 0.25) is 0 Å². The Labute approximate surface area is 116 Å². The molecule has 2 nitrogen and oxygen atoms in total. The Hall–Kier alpha value is -1.54. The van der Waals surface area contributed by atoms with E-state index in [0.29, 0.717) is 6.04 Å². The van der Waals surface area contributed by atoms with Crippen LogP contribution in [0.15, 0.2) is 42.7 Å². The molecule has 1 unspecified atom stereocenters. The molecule has 0 aliphatic carbocycles.